The molecular weight excluding hydrogens is 226 g/mol. The summed E-state index contributed by atoms with van der Waals surface area (Å²) in [5.74, 6) is -0.912. The highest BCUT2D eigenvalue weighted by Gasteiger charge is 2.14. The molecule has 0 saturated carbocycles. The number of rotatable bonds is 6. The summed E-state index contributed by atoms with van der Waals surface area (Å²) in [6, 6.07) is 5.40. The predicted molar refractivity (Wildman–Crippen MR) is 65.5 cm³/mol. The van der Waals surface area contributed by atoms with Gasteiger partial charge in [0.25, 0.3) is 0 Å². The van der Waals surface area contributed by atoms with E-state index in [4.69, 9.17) is 9.84 Å². The quantitative estimate of drug-likeness (QED) is 0.590. The smallest absolute Gasteiger partial charge is 0.338 e. The molecule has 88 valence electrons. The van der Waals surface area contributed by atoms with Crippen molar-refractivity contribution in [3.05, 3.63) is 23.8 Å². The molecule has 0 unspecified atom stereocenters. The van der Waals surface area contributed by atoms with Gasteiger partial charge in [0.2, 0.25) is 0 Å². The highest BCUT2D eigenvalue weighted by molar-refractivity contribution is 7.98. The number of carboxylic acids is 1. The zero-order chi connectivity index (χ0) is 12.0. The third-order valence-corrected chi connectivity index (χ3v) is 2.86. The Hall–Kier alpha value is -1.20. The second-order valence-electron chi connectivity index (χ2n) is 3.11. The van der Waals surface area contributed by atoms with Crippen molar-refractivity contribution in [2.45, 2.75) is 4.90 Å². The van der Waals surface area contributed by atoms with Gasteiger partial charge in [-0.2, -0.15) is 0 Å². The Labute approximate surface area is 99.0 Å². The van der Waals surface area contributed by atoms with E-state index in [0.29, 0.717) is 24.4 Å². The Balaban J connectivity index is 2.93. The Morgan fingerprint density at radius 3 is 2.88 bits per heavy atom. The maximum absolute atomic E-state index is 11.1. The largest absolute Gasteiger partial charge is 0.478 e. The predicted octanol–water partition coefficient (Wildman–Crippen LogP) is 2.17. The number of benzene rings is 1. The summed E-state index contributed by atoms with van der Waals surface area (Å²) in [5.41, 5.74) is 0.961. The maximum Gasteiger partial charge on any atom is 0.338 e. The summed E-state index contributed by atoms with van der Waals surface area (Å²) in [7, 11) is 1.61. The molecule has 0 aliphatic rings. The molecule has 1 rings (SSSR count). The first-order chi connectivity index (χ1) is 7.70. The number of hydrogen-bond donors (Lipinski definition) is 2. The lowest BCUT2D eigenvalue weighted by Crippen LogP contribution is -2.12. The van der Waals surface area contributed by atoms with Crippen LogP contribution in [0.4, 0.5) is 5.69 Å². The molecule has 0 fully saturated rings. The van der Waals surface area contributed by atoms with Gasteiger partial charge < -0.3 is 15.2 Å². The average Bonchev–Trinajstić information content (AvgIpc) is 2.28. The summed E-state index contributed by atoms with van der Waals surface area (Å²) in [6.07, 6.45) is 1.86. The number of methoxy groups -OCH3 is 1. The molecule has 0 aliphatic carbocycles. The van der Waals surface area contributed by atoms with Crippen molar-refractivity contribution >= 4 is 23.4 Å². The first-order valence-electron chi connectivity index (χ1n) is 4.83. The van der Waals surface area contributed by atoms with E-state index >= 15 is 0 Å². The molecule has 0 aromatic heterocycles. The van der Waals surface area contributed by atoms with Crippen molar-refractivity contribution in [1.29, 1.82) is 0 Å². The van der Waals surface area contributed by atoms with Gasteiger partial charge in [0.05, 0.1) is 12.2 Å². The third-order valence-electron chi connectivity index (χ3n) is 2.08. The lowest BCUT2D eigenvalue weighted by Gasteiger charge is -2.11. The SMILES string of the molecule is COCCNc1cccc(SC)c1C(=O)O. The van der Waals surface area contributed by atoms with Crippen molar-refractivity contribution in [3.8, 4) is 0 Å². The Morgan fingerprint density at radius 1 is 1.56 bits per heavy atom. The van der Waals surface area contributed by atoms with Crippen LogP contribution in [0.5, 0.6) is 0 Å². The van der Waals surface area contributed by atoms with Crippen LogP contribution in [-0.4, -0.2) is 37.6 Å². The fraction of sp³-hybridized carbons (Fsp3) is 0.364. The second-order valence-corrected chi connectivity index (χ2v) is 3.96. The topological polar surface area (TPSA) is 58.6 Å². The molecule has 0 radical (unpaired) electrons. The van der Waals surface area contributed by atoms with E-state index in [1.807, 2.05) is 12.3 Å². The van der Waals surface area contributed by atoms with E-state index < -0.39 is 5.97 Å². The van der Waals surface area contributed by atoms with Gasteiger partial charge in [0, 0.05) is 24.2 Å². The van der Waals surface area contributed by atoms with Crippen LogP contribution < -0.4 is 5.32 Å². The van der Waals surface area contributed by atoms with Crippen LogP contribution in [0, 0.1) is 0 Å². The van der Waals surface area contributed by atoms with Gasteiger partial charge in [-0.15, -0.1) is 11.8 Å². The summed E-state index contributed by atoms with van der Waals surface area (Å²) in [4.78, 5) is 11.9. The van der Waals surface area contributed by atoms with Crippen LogP contribution in [0.15, 0.2) is 23.1 Å². The average molecular weight is 241 g/mol. The molecule has 16 heavy (non-hydrogen) atoms. The van der Waals surface area contributed by atoms with Crippen molar-refractivity contribution in [2.24, 2.45) is 0 Å². The van der Waals surface area contributed by atoms with Crippen LogP contribution in [0.25, 0.3) is 0 Å². The second kappa shape index (κ2) is 6.40. The standard InChI is InChI=1S/C11H15NO3S/c1-15-7-6-12-8-4-3-5-9(16-2)10(8)11(13)14/h3-5,12H,6-7H2,1-2H3,(H,13,14). The lowest BCUT2D eigenvalue weighted by molar-refractivity contribution is 0.0694. The van der Waals surface area contributed by atoms with Gasteiger partial charge in [0.1, 0.15) is 0 Å². The molecule has 4 nitrogen and oxygen atoms in total. The first kappa shape index (κ1) is 12.9. The first-order valence-corrected chi connectivity index (χ1v) is 6.06. The van der Waals surface area contributed by atoms with Crippen LogP contribution in [-0.2, 0) is 4.74 Å². The highest BCUT2D eigenvalue weighted by Crippen LogP contribution is 2.26. The van der Waals surface area contributed by atoms with Gasteiger partial charge in [-0.3, -0.25) is 0 Å². The van der Waals surface area contributed by atoms with E-state index in [9.17, 15) is 4.79 Å². The number of carboxylic acid groups (broad SMARTS) is 1. The van der Waals surface area contributed by atoms with Gasteiger partial charge >= 0.3 is 5.97 Å². The van der Waals surface area contributed by atoms with E-state index in [-0.39, 0.29) is 0 Å². The molecule has 0 amide bonds. The Morgan fingerprint density at radius 2 is 2.31 bits per heavy atom. The number of carbonyl (C=O) groups is 1. The number of aromatic carboxylic acids is 1. The minimum absolute atomic E-state index is 0.325. The summed E-state index contributed by atoms with van der Waals surface area (Å²) in [5, 5.41) is 12.2. The zero-order valence-electron chi connectivity index (χ0n) is 9.32. The molecule has 1 aromatic carbocycles. The van der Waals surface area contributed by atoms with Crippen molar-refractivity contribution in [1.82, 2.24) is 0 Å². The molecule has 0 spiro atoms. The minimum atomic E-state index is -0.912. The molecular formula is C11H15NO3S. The number of nitrogens with one attached hydrogen (secondary N) is 1. The van der Waals surface area contributed by atoms with Crippen molar-refractivity contribution in [2.75, 3.05) is 31.8 Å². The third kappa shape index (κ3) is 3.15. The normalized spacial score (nSPS) is 10.1. The number of hydrogen-bond acceptors (Lipinski definition) is 4. The fourth-order valence-corrected chi connectivity index (χ4v) is 1.97. The van der Waals surface area contributed by atoms with E-state index in [2.05, 4.69) is 5.32 Å². The molecule has 5 heteroatoms. The van der Waals surface area contributed by atoms with E-state index in [0.717, 1.165) is 4.90 Å². The molecule has 0 heterocycles. The molecule has 0 atom stereocenters. The summed E-state index contributed by atoms with van der Waals surface area (Å²) >= 11 is 1.43. The number of thioether (sulfide) groups is 1. The maximum atomic E-state index is 11.1. The fourth-order valence-electron chi connectivity index (χ4n) is 1.36. The Bertz CT molecular complexity index is 368. The van der Waals surface area contributed by atoms with Gasteiger partial charge in [-0.25, -0.2) is 4.79 Å². The summed E-state index contributed by atoms with van der Waals surface area (Å²) < 4.78 is 4.91. The Kier molecular flexibility index (Phi) is 5.14. The molecule has 0 aliphatic heterocycles. The minimum Gasteiger partial charge on any atom is -0.478 e. The number of ether oxygens (including phenoxy) is 1. The van der Waals surface area contributed by atoms with E-state index in [1.165, 1.54) is 11.8 Å². The molecule has 2 N–H and O–H groups in total. The van der Waals surface area contributed by atoms with Gasteiger partial charge in [-0.1, -0.05) is 6.07 Å². The van der Waals surface area contributed by atoms with Crippen molar-refractivity contribution < 1.29 is 14.6 Å². The lowest BCUT2D eigenvalue weighted by atomic mass is 10.2. The molecule has 0 saturated heterocycles. The van der Waals surface area contributed by atoms with Crippen LogP contribution in [0.1, 0.15) is 10.4 Å². The number of anilines is 1. The van der Waals surface area contributed by atoms with Crippen molar-refractivity contribution in [3.63, 3.8) is 0 Å². The van der Waals surface area contributed by atoms with E-state index in [1.54, 1.807) is 19.2 Å². The molecule has 1 aromatic rings. The van der Waals surface area contributed by atoms with Crippen LogP contribution >= 0.6 is 11.8 Å². The molecule has 0 bridgehead atoms. The van der Waals surface area contributed by atoms with Crippen LogP contribution in [0.3, 0.4) is 0 Å². The summed E-state index contributed by atoms with van der Waals surface area (Å²) in [6.45, 7) is 1.14. The van der Waals surface area contributed by atoms with Gasteiger partial charge in [0.15, 0.2) is 0 Å². The highest BCUT2D eigenvalue weighted by atomic mass is 32.2. The monoisotopic (exact) mass is 241 g/mol. The van der Waals surface area contributed by atoms with Crippen LogP contribution in [0.2, 0.25) is 0 Å². The zero-order valence-corrected chi connectivity index (χ0v) is 10.1. The van der Waals surface area contributed by atoms with Gasteiger partial charge in [-0.05, 0) is 18.4 Å².